The van der Waals surface area contributed by atoms with Gasteiger partial charge in [0, 0.05) is 6.42 Å². The molecule has 0 aliphatic rings. The maximum absolute atomic E-state index is 11.9. The van der Waals surface area contributed by atoms with Gasteiger partial charge in [0.15, 0.2) is 0 Å². The minimum absolute atomic E-state index is 0.0935. The summed E-state index contributed by atoms with van der Waals surface area (Å²) >= 11 is 0. The molecule has 0 spiro atoms. The van der Waals surface area contributed by atoms with Crippen LogP contribution in [0.25, 0.3) is 0 Å². The van der Waals surface area contributed by atoms with Crippen LogP contribution in [0.3, 0.4) is 0 Å². The Kier molecular flexibility index (Phi) is 18.8. The fourth-order valence-corrected chi connectivity index (χ4v) is 2.89. The molecule has 0 bridgehead atoms. The van der Waals surface area contributed by atoms with E-state index in [-0.39, 0.29) is 12.5 Å². The number of aliphatic hydroxyl groups excluding tert-OH is 2. The molecule has 3 N–H and O–H groups in total. The fraction of sp³-hybridized carbons (Fsp3) is 0.783. The van der Waals surface area contributed by atoms with Crippen LogP contribution in [-0.2, 0) is 4.79 Å². The van der Waals surface area contributed by atoms with Gasteiger partial charge in [0.2, 0.25) is 5.91 Å². The van der Waals surface area contributed by atoms with Crippen molar-refractivity contribution in [1.82, 2.24) is 5.32 Å². The minimum atomic E-state index is -0.850. The molecule has 27 heavy (non-hydrogen) atoms. The topological polar surface area (TPSA) is 69.6 Å². The molecule has 0 rings (SSSR count). The van der Waals surface area contributed by atoms with Gasteiger partial charge >= 0.3 is 0 Å². The van der Waals surface area contributed by atoms with Crippen LogP contribution < -0.4 is 5.32 Å². The van der Waals surface area contributed by atoms with Crippen molar-refractivity contribution in [3.05, 3.63) is 24.3 Å². The van der Waals surface area contributed by atoms with Crippen molar-refractivity contribution in [3.63, 3.8) is 0 Å². The molecule has 0 aromatic carbocycles. The molecule has 1 amide bonds. The summed E-state index contributed by atoms with van der Waals surface area (Å²) in [6.07, 6.45) is 21.2. The minimum Gasteiger partial charge on any atom is -0.394 e. The second-order valence-corrected chi connectivity index (χ2v) is 7.34. The average molecular weight is 382 g/mol. The molecule has 2 unspecified atom stereocenters. The van der Waals surface area contributed by atoms with Gasteiger partial charge in [-0.3, -0.25) is 4.79 Å². The summed E-state index contributed by atoms with van der Waals surface area (Å²) in [6.45, 7) is 4.13. The number of carbonyl (C=O) groups excluding carboxylic acids is 1. The number of rotatable bonds is 18. The average Bonchev–Trinajstić information content (AvgIpc) is 2.67. The lowest BCUT2D eigenvalue weighted by atomic mass is 10.1. The summed E-state index contributed by atoms with van der Waals surface area (Å²) in [6, 6.07) is -0.626. The molecule has 2 atom stereocenters. The molecule has 0 saturated carbocycles. The molecule has 158 valence electrons. The number of hydrogen-bond acceptors (Lipinski definition) is 3. The standard InChI is InChI=1S/C23H43NO3/c1-3-5-7-9-10-11-12-13-15-16-18-22(26)21(20-25)24-23(27)19-17-14-8-6-4-2/h11-12,16,18,21-22,25-26H,3-10,13-15,17,19-20H2,1-2H3,(H,24,27)/b12-11+,18-16+. The molecule has 4 nitrogen and oxygen atoms in total. The summed E-state index contributed by atoms with van der Waals surface area (Å²) in [5, 5.41) is 22.3. The Morgan fingerprint density at radius 2 is 1.44 bits per heavy atom. The van der Waals surface area contributed by atoms with E-state index in [0.717, 1.165) is 38.5 Å². The van der Waals surface area contributed by atoms with Gasteiger partial charge in [-0.1, -0.05) is 83.1 Å². The maximum Gasteiger partial charge on any atom is 0.220 e. The molecule has 4 heteroatoms. The lowest BCUT2D eigenvalue weighted by Gasteiger charge is -2.19. The Balaban J connectivity index is 3.90. The van der Waals surface area contributed by atoms with Gasteiger partial charge in [-0.15, -0.1) is 0 Å². The normalized spacial score (nSPS) is 14.1. The van der Waals surface area contributed by atoms with Crippen LogP contribution in [0.2, 0.25) is 0 Å². The Morgan fingerprint density at radius 1 is 0.852 bits per heavy atom. The van der Waals surface area contributed by atoms with Crippen molar-refractivity contribution in [3.8, 4) is 0 Å². The lowest BCUT2D eigenvalue weighted by molar-refractivity contribution is -0.123. The highest BCUT2D eigenvalue weighted by atomic mass is 16.3. The van der Waals surface area contributed by atoms with Gasteiger partial charge in [-0.25, -0.2) is 0 Å². The van der Waals surface area contributed by atoms with E-state index < -0.39 is 12.1 Å². The zero-order chi connectivity index (χ0) is 20.2. The summed E-state index contributed by atoms with van der Waals surface area (Å²) in [4.78, 5) is 11.9. The highest BCUT2D eigenvalue weighted by molar-refractivity contribution is 5.76. The van der Waals surface area contributed by atoms with Gasteiger partial charge in [0.05, 0.1) is 18.8 Å². The largest absolute Gasteiger partial charge is 0.394 e. The summed E-state index contributed by atoms with van der Waals surface area (Å²) < 4.78 is 0. The van der Waals surface area contributed by atoms with Crippen molar-refractivity contribution in [2.24, 2.45) is 0 Å². The Hall–Kier alpha value is -1.13. The molecular weight excluding hydrogens is 338 g/mol. The first kappa shape index (κ1) is 25.9. The first-order valence-corrected chi connectivity index (χ1v) is 11.1. The van der Waals surface area contributed by atoms with Crippen molar-refractivity contribution in [1.29, 1.82) is 0 Å². The predicted octanol–water partition coefficient (Wildman–Crippen LogP) is 5.05. The van der Waals surface area contributed by atoms with Crippen LogP contribution in [0.15, 0.2) is 24.3 Å². The molecule has 0 aromatic rings. The van der Waals surface area contributed by atoms with Crippen LogP contribution in [0.1, 0.15) is 97.3 Å². The van der Waals surface area contributed by atoms with E-state index in [1.807, 2.05) is 6.08 Å². The molecule has 0 heterocycles. The SMILES string of the molecule is CCCCCC/C=C/CC/C=C/C(O)C(CO)NC(=O)CCCCCCC. The van der Waals surface area contributed by atoms with Crippen molar-refractivity contribution < 1.29 is 15.0 Å². The zero-order valence-electron chi connectivity index (χ0n) is 17.7. The monoisotopic (exact) mass is 381 g/mol. The number of aliphatic hydroxyl groups is 2. The third-order valence-electron chi connectivity index (χ3n) is 4.69. The smallest absolute Gasteiger partial charge is 0.220 e. The molecule has 0 aliphatic carbocycles. The number of carbonyl (C=O) groups is 1. The van der Waals surface area contributed by atoms with E-state index in [4.69, 9.17) is 0 Å². The van der Waals surface area contributed by atoms with Crippen LogP contribution in [0.5, 0.6) is 0 Å². The first-order chi connectivity index (χ1) is 13.2. The van der Waals surface area contributed by atoms with Crippen molar-refractivity contribution in [2.45, 2.75) is 109 Å². The molecule has 0 saturated heterocycles. The Labute approximate surface area is 167 Å². The van der Waals surface area contributed by atoms with Gasteiger partial charge in [0.25, 0.3) is 0 Å². The maximum atomic E-state index is 11.9. The van der Waals surface area contributed by atoms with E-state index in [2.05, 4.69) is 31.3 Å². The number of amides is 1. The third kappa shape index (κ3) is 16.7. The summed E-state index contributed by atoms with van der Waals surface area (Å²) in [7, 11) is 0. The van der Waals surface area contributed by atoms with Gasteiger partial charge in [-0.2, -0.15) is 0 Å². The zero-order valence-corrected chi connectivity index (χ0v) is 17.7. The summed E-state index contributed by atoms with van der Waals surface area (Å²) in [5.41, 5.74) is 0. The van der Waals surface area contributed by atoms with E-state index in [9.17, 15) is 15.0 Å². The second kappa shape index (κ2) is 19.6. The highest BCUT2D eigenvalue weighted by Crippen LogP contribution is 2.06. The lowest BCUT2D eigenvalue weighted by Crippen LogP contribution is -2.45. The van der Waals surface area contributed by atoms with Crippen LogP contribution in [0, 0.1) is 0 Å². The van der Waals surface area contributed by atoms with Crippen LogP contribution in [-0.4, -0.2) is 34.9 Å². The number of nitrogens with one attached hydrogen (secondary N) is 1. The van der Waals surface area contributed by atoms with E-state index >= 15 is 0 Å². The number of unbranched alkanes of at least 4 members (excludes halogenated alkanes) is 9. The number of allylic oxidation sites excluding steroid dienone is 3. The Morgan fingerprint density at radius 3 is 2.11 bits per heavy atom. The highest BCUT2D eigenvalue weighted by Gasteiger charge is 2.17. The van der Waals surface area contributed by atoms with E-state index in [1.165, 1.54) is 38.5 Å². The van der Waals surface area contributed by atoms with E-state index in [1.54, 1.807) is 6.08 Å². The molecule has 0 fully saturated rings. The van der Waals surface area contributed by atoms with E-state index in [0.29, 0.717) is 6.42 Å². The number of hydrogen-bond donors (Lipinski definition) is 3. The van der Waals surface area contributed by atoms with Crippen LogP contribution >= 0.6 is 0 Å². The Bertz CT molecular complexity index is 393. The molecule has 0 aliphatic heterocycles. The van der Waals surface area contributed by atoms with Gasteiger partial charge in [0.1, 0.15) is 0 Å². The molecule has 0 aromatic heterocycles. The molecular formula is C23H43NO3. The van der Waals surface area contributed by atoms with Crippen molar-refractivity contribution >= 4 is 5.91 Å². The quantitative estimate of drug-likeness (QED) is 0.230. The second-order valence-electron chi connectivity index (χ2n) is 7.34. The third-order valence-corrected chi connectivity index (χ3v) is 4.69. The van der Waals surface area contributed by atoms with Gasteiger partial charge < -0.3 is 15.5 Å². The van der Waals surface area contributed by atoms with Crippen LogP contribution in [0.4, 0.5) is 0 Å². The molecule has 0 radical (unpaired) electrons. The fourth-order valence-electron chi connectivity index (χ4n) is 2.89. The first-order valence-electron chi connectivity index (χ1n) is 11.1. The van der Waals surface area contributed by atoms with Crippen molar-refractivity contribution in [2.75, 3.05) is 6.61 Å². The summed E-state index contributed by atoms with van der Waals surface area (Å²) in [5.74, 6) is -0.0935. The van der Waals surface area contributed by atoms with Gasteiger partial charge in [-0.05, 0) is 32.1 Å². The predicted molar refractivity (Wildman–Crippen MR) is 115 cm³/mol.